The Bertz CT molecular complexity index is 661. The molecule has 1 aromatic heterocycles. The van der Waals surface area contributed by atoms with Crippen molar-refractivity contribution in [1.29, 1.82) is 0 Å². The van der Waals surface area contributed by atoms with Crippen LogP contribution in [-0.4, -0.2) is 23.2 Å². The molecule has 0 amide bonds. The van der Waals surface area contributed by atoms with Crippen LogP contribution in [0.3, 0.4) is 0 Å². The molecule has 0 bridgehead atoms. The second kappa shape index (κ2) is 9.88. The summed E-state index contributed by atoms with van der Waals surface area (Å²) >= 11 is 5.32. The second-order valence-corrected chi connectivity index (χ2v) is 6.02. The molecule has 0 aliphatic heterocycles. The zero-order chi connectivity index (χ0) is 17.2. The zero-order valence-electron chi connectivity index (χ0n) is 14.3. The highest BCUT2D eigenvalue weighted by Crippen LogP contribution is 2.19. The number of nitrogens with one attached hydrogen (secondary N) is 2. The number of anilines is 1. The summed E-state index contributed by atoms with van der Waals surface area (Å²) in [6.07, 6.45) is 4.71. The summed E-state index contributed by atoms with van der Waals surface area (Å²) in [6.45, 7) is 5.68. The van der Waals surface area contributed by atoms with E-state index in [0.29, 0.717) is 5.11 Å². The molecule has 0 unspecified atom stereocenters. The van der Waals surface area contributed by atoms with Crippen molar-refractivity contribution in [3.05, 3.63) is 53.7 Å². The smallest absolute Gasteiger partial charge is 0.171 e. The van der Waals surface area contributed by atoms with Crippen LogP contribution in [-0.2, 0) is 6.42 Å². The normalized spacial score (nSPS) is 10.2. The maximum absolute atomic E-state index is 5.79. The van der Waals surface area contributed by atoms with Crippen molar-refractivity contribution < 1.29 is 4.74 Å². The molecule has 0 aliphatic carbocycles. The molecule has 0 atom stereocenters. The molecule has 1 heterocycles. The number of benzene rings is 1. The standard InChI is InChI=1S/C19H25N3OS/c1-3-14-23-17-11-5-4-9-16(17)10-7-13-21-19(24)22-18-15(2)8-6-12-20-18/h4-6,8-9,11-12H,3,7,10,13-14H2,1-2H3,(H2,20,21,22,24). The highest BCUT2D eigenvalue weighted by Gasteiger charge is 2.04. The van der Waals surface area contributed by atoms with Crippen molar-refractivity contribution in [3.63, 3.8) is 0 Å². The Morgan fingerprint density at radius 2 is 2.04 bits per heavy atom. The van der Waals surface area contributed by atoms with Gasteiger partial charge in [-0.25, -0.2) is 4.98 Å². The lowest BCUT2D eigenvalue weighted by atomic mass is 10.1. The van der Waals surface area contributed by atoms with Gasteiger partial charge in [-0.1, -0.05) is 31.2 Å². The highest BCUT2D eigenvalue weighted by atomic mass is 32.1. The number of hydrogen-bond donors (Lipinski definition) is 2. The number of pyridine rings is 1. The van der Waals surface area contributed by atoms with Crippen LogP contribution in [0.1, 0.15) is 30.9 Å². The first-order chi connectivity index (χ1) is 11.7. The number of hydrogen-bond acceptors (Lipinski definition) is 3. The lowest BCUT2D eigenvalue weighted by molar-refractivity contribution is 0.314. The van der Waals surface area contributed by atoms with E-state index in [4.69, 9.17) is 17.0 Å². The van der Waals surface area contributed by atoms with Gasteiger partial charge in [0.05, 0.1) is 6.61 Å². The van der Waals surface area contributed by atoms with Gasteiger partial charge in [0.1, 0.15) is 11.6 Å². The highest BCUT2D eigenvalue weighted by molar-refractivity contribution is 7.80. The van der Waals surface area contributed by atoms with Gasteiger partial charge in [-0.3, -0.25) is 0 Å². The van der Waals surface area contributed by atoms with E-state index in [1.807, 2.05) is 31.2 Å². The van der Waals surface area contributed by atoms with E-state index in [1.54, 1.807) is 6.20 Å². The Balaban J connectivity index is 1.75. The summed E-state index contributed by atoms with van der Waals surface area (Å²) in [5.74, 6) is 1.79. The summed E-state index contributed by atoms with van der Waals surface area (Å²) in [4.78, 5) is 4.28. The first-order valence-corrected chi connectivity index (χ1v) is 8.78. The van der Waals surface area contributed by atoms with Crippen LogP contribution in [0.4, 0.5) is 5.82 Å². The molecule has 1 aromatic carbocycles. The van der Waals surface area contributed by atoms with Crippen LogP contribution in [0.15, 0.2) is 42.6 Å². The van der Waals surface area contributed by atoms with Crippen LogP contribution >= 0.6 is 12.2 Å². The SMILES string of the molecule is CCCOc1ccccc1CCCNC(=S)Nc1ncccc1C. The maximum atomic E-state index is 5.79. The Hall–Kier alpha value is -2.14. The van der Waals surface area contributed by atoms with Crippen LogP contribution in [0, 0.1) is 6.92 Å². The molecule has 0 fully saturated rings. The molecule has 0 aliphatic rings. The average molecular weight is 343 g/mol. The fraction of sp³-hybridized carbons (Fsp3) is 0.368. The number of para-hydroxylation sites is 1. The minimum absolute atomic E-state index is 0.604. The van der Waals surface area contributed by atoms with Crippen LogP contribution in [0.2, 0.25) is 0 Å². The van der Waals surface area contributed by atoms with Crippen molar-refractivity contribution >= 4 is 23.1 Å². The number of aromatic nitrogens is 1. The number of aryl methyl sites for hydroxylation is 2. The van der Waals surface area contributed by atoms with Gasteiger partial charge in [-0.2, -0.15) is 0 Å². The molecule has 0 saturated heterocycles. The second-order valence-electron chi connectivity index (χ2n) is 5.61. The number of rotatable bonds is 8. The number of ether oxygens (including phenoxy) is 1. The third-order valence-corrected chi connectivity index (χ3v) is 3.83. The van der Waals surface area contributed by atoms with Gasteiger partial charge in [-0.05, 0) is 61.7 Å². The first kappa shape index (κ1) is 18.2. The fourth-order valence-corrected chi connectivity index (χ4v) is 2.51. The number of thiocarbonyl (C=S) groups is 1. The predicted molar refractivity (Wildman–Crippen MR) is 104 cm³/mol. The Morgan fingerprint density at radius 1 is 1.21 bits per heavy atom. The van der Waals surface area contributed by atoms with Gasteiger partial charge in [0, 0.05) is 12.7 Å². The van der Waals surface area contributed by atoms with E-state index in [2.05, 4.69) is 34.7 Å². The quantitative estimate of drug-likeness (QED) is 0.558. The van der Waals surface area contributed by atoms with Crippen molar-refractivity contribution in [2.24, 2.45) is 0 Å². The molecule has 2 aromatic rings. The topological polar surface area (TPSA) is 46.2 Å². The molecule has 24 heavy (non-hydrogen) atoms. The van der Waals surface area contributed by atoms with Gasteiger partial charge in [0.25, 0.3) is 0 Å². The van der Waals surface area contributed by atoms with Gasteiger partial charge in [0.15, 0.2) is 5.11 Å². The van der Waals surface area contributed by atoms with E-state index in [9.17, 15) is 0 Å². The van der Waals surface area contributed by atoms with Crippen molar-refractivity contribution in [3.8, 4) is 5.75 Å². The Kier molecular flexibility index (Phi) is 7.49. The molecular formula is C19H25N3OS. The van der Waals surface area contributed by atoms with Crippen LogP contribution in [0.25, 0.3) is 0 Å². The first-order valence-electron chi connectivity index (χ1n) is 8.38. The van der Waals surface area contributed by atoms with Crippen molar-refractivity contribution in [2.45, 2.75) is 33.1 Å². The molecule has 5 heteroatoms. The summed E-state index contributed by atoms with van der Waals surface area (Å²) in [5.41, 5.74) is 2.32. The van der Waals surface area contributed by atoms with Gasteiger partial charge in [0.2, 0.25) is 0 Å². The molecule has 2 rings (SSSR count). The van der Waals surface area contributed by atoms with Gasteiger partial charge in [-0.15, -0.1) is 0 Å². The molecular weight excluding hydrogens is 318 g/mol. The summed E-state index contributed by atoms with van der Waals surface area (Å²) in [5, 5.41) is 6.97. The Labute approximate surface area is 149 Å². The van der Waals surface area contributed by atoms with Crippen molar-refractivity contribution in [2.75, 3.05) is 18.5 Å². The number of nitrogens with zero attached hydrogens (tertiary/aromatic N) is 1. The average Bonchev–Trinajstić information content (AvgIpc) is 2.60. The van der Waals surface area contributed by atoms with E-state index in [0.717, 1.165) is 49.5 Å². The van der Waals surface area contributed by atoms with E-state index in [-0.39, 0.29) is 0 Å². The zero-order valence-corrected chi connectivity index (χ0v) is 15.2. The summed E-state index contributed by atoms with van der Waals surface area (Å²) < 4.78 is 5.79. The molecule has 0 radical (unpaired) electrons. The summed E-state index contributed by atoms with van der Waals surface area (Å²) in [6, 6.07) is 12.1. The van der Waals surface area contributed by atoms with E-state index in [1.165, 1.54) is 5.56 Å². The van der Waals surface area contributed by atoms with Crippen LogP contribution in [0.5, 0.6) is 5.75 Å². The lowest BCUT2D eigenvalue weighted by Gasteiger charge is -2.13. The molecule has 4 nitrogen and oxygen atoms in total. The van der Waals surface area contributed by atoms with E-state index >= 15 is 0 Å². The largest absolute Gasteiger partial charge is 0.493 e. The van der Waals surface area contributed by atoms with Gasteiger partial charge < -0.3 is 15.4 Å². The van der Waals surface area contributed by atoms with E-state index < -0.39 is 0 Å². The monoisotopic (exact) mass is 343 g/mol. The predicted octanol–water partition coefficient (Wildman–Crippen LogP) is 4.10. The molecule has 2 N–H and O–H groups in total. The maximum Gasteiger partial charge on any atom is 0.171 e. The van der Waals surface area contributed by atoms with Crippen LogP contribution < -0.4 is 15.4 Å². The molecule has 0 spiro atoms. The molecule has 0 saturated carbocycles. The third kappa shape index (κ3) is 5.81. The fourth-order valence-electron chi connectivity index (χ4n) is 2.31. The summed E-state index contributed by atoms with van der Waals surface area (Å²) in [7, 11) is 0. The minimum Gasteiger partial charge on any atom is -0.493 e. The molecule has 128 valence electrons. The third-order valence-electron chi connectivity index (χ3n) is 3.58. The van der Waals surface area contributed by atoms with Crippen molar-refractivity contribution in [1.82, 2.24) is 10.3 Å². The van der Waals surface area contributed by atoms with Gasteiger partial charge >= 0.3 is 0 Å². The Morgan fingerprint density at radius 3 is 2.83 bits per heavy atom. The lowest BCUT2D eigenvalue weighted by Crippen LogP contribution is -2.30. The minimum atomic E-state index is 0.604.